The van der Waals surface area contributed by atoms with Crippen LogP contribution in [0.1, 0.15) is 52.0 Å². The molecule has 5 heterocycles. The maximum absolute atomic E-state index is 9.00. The minimum absolute atomic E-state index is 0. The van der Waals surface area contributed by atoms with Crippen LogP contribution in [0.5, 0.6) is 0 Å². The molecule has 7 heteroatoms. The Bertz CT molecular complexity index is 1260. The quantitative estimate of drug-likeness (QED) is 0.306. The van der Waals surface area contributed by atoms with Gasteiger partial charge in [0.2, 0.25) is 0 Å². The summed E-state index contributed by atoms with van der Waals surface area (Å²) < 4.78 is 0. The van der Waals surface area contributed by atoms with Gasteiger partial charge in [-0.2, -0.15) is 0 Å². The molecular formula is C26H24MnN4O2. The van der Waals surface area contributed by atoms with Gasteiger partial charge in [0, 0.05) is 6.92 Å². The Labute approximate surface area is 203 Å². The number of carboxylic acid groups (broad SMARTS) is 1. The fourth-order valence-corrected chi connectivity index (χ4v) is 3.64. The molecule has 8 bridgehead atoms. The first-order chi connectivity index (χ1) is 15.2. The van der Waals surface area contributed by atoms with E-state index in [1.807, 2.05) is 0 Å². The van der Waals surface area contributed by atoms with E-state index in [0.717, 1.165) is 74.0 Å². The Hall–Kier alpha value is -3.41. The Balaban J connectivity index is 0.000000569. The Kier molecular flexibility index (Phi) is 7.06. The smallest absolute Gasteiger partial charge is 0.657 e. The van der Waals surface area contributed by atoms with Crippen LogP contribution < -0.4 is 9.97 Å². The van der Waals surface area contributed by atoms with Crippen LogP contribution in [0.2, 0.25) is 0 Å². The molecule has 0 amide bonds. The second kappa shape index (κ2) is 9.61. The standard InChI is InChI=1S/C24H20N4.C2H4O2.Mn/c1-13-17-5-7-19(25-17)14(2)21-9-11-23(27-21)16(4)24-12-10-22(28-24)15(3)20-8-6-18(13)26-20;1-2(3)4;/h5-12H,1-4H3;1H3,(H,3,4);/q-2;;+2. The molecule has 3 aromatic rings. The summed E-state index contributed by atoms with van der Waals surface area (Å²) in [4.78, 5) is 28.4. The van der Waals surface area contributed by atoms with Crippen LogP contribution in [0.25, 0.3) is 46.4 Å². The number of hydrogen-bond donors (Lipinski definition) is 1. The zero-order valence-corrected chi connectivity index (χ0v) is 20.3. The first-order valence-corrected chi connectivity index (χ1v) is 10.4. The Morgan fingerprint density at radius 3 is 1.06 bits per heavy atom. The van der Waals surface area contributed by atoms with Gasteiger partial charge in [0.15, 0.2) is 0 Å². The third kappa shape index (κ3) is 4.85. The predicted molar refractivity (Wildman–Crippen MR) is 129 cm³/mol. The van der Waals surface area contributed by atoms with Crippen LogP contribution in [-0.2, 0) is 21.9 Å². The summed E-state index contributed by atoms with van der Waals surface area (Å²) in [5.74, 6) is -0.833. The number of aliphatic carboxylic acids is 1. The molecule has 6 nitrogen and oxygen atoms in total. The molecule has 0 aliphatic carbocycles. The third-order valence-electron chi connectivity index (χ3n) is 5.63. The van der Waals surface area contributed by atoms with Gasteiger partial charge < -0.3 is 15.1 Å². The summed E-state index contributed by atoms with van der Waals surface area (Å²) in [5.41, 5.74) is 11.9. The van der Waals surface area contributed by atoms with Crippen molar-refractivity contribution in [2.24, 2.45) is 0 Å². The van der Waals surface area contributed by atoms with E-state index in [2.05, 4.69) is 76.3 Å². The molecule has 0 unspecified atom stereocenters. The van der Waals surface area contributed by atoms with Crippen molar-refractivity contribution in [1.82, 2.24) is 19.9 Å². The molecule has 2 aliphatic heterocycles. The molecule has 3 aromatic heterocycles. The van der Waals surface area contributed by atoms with Gasteiger partial charge in [-0.3, -0.25) is 4.79 Å². The first kappa shape index (κ1) is 24.2. The van der Waals surface area contributed by atoms with E-state index >= 15 is 0 Å². The molecule has 0 saturated heterocycles. The molecule has 167 valence electrons. The fraction of sp³-hybridized carbons (Fsp3) is 0.192. The molecule has 1 radical (unpaired) electrons. The van der Waals surface area contributed by atoms with Gasteiger partial charge in [-0.15, -0.1) is 22.1 Å². The van der Waals surface area contributed by atoms with Crippen molar-refractivity contribution in [1.29, 1.82) is 0 Å². The Morgan fingerprint density at radius 2 is 0.848 bits per heavy atom. The average Bonchev–Trinajstić information content (AvgIpc) is 3.56. The summed E-state index contributed by atoms with van der Waals surface area (Å²) in [6.45, 7) is 9.37. The molecule has 1 N–H and O–H groups in total. The van der Waals surface area contributed by atoms with Crippen molar-refractivity contribution in [3.63, 3.8) is 0 Å². The zero-order chi connectivity index (χ0) is 23.0. The maximum Gasteiger partial charge on any atom is 2.00 e. The molecule has 0 atom stereocenters. The van der Waals surface area contributed by atoms with Crippen molar-refractivity contribution >= 4 is 52.3 Å². The number of hydrogen-bond acceptors (Lipinski definition) is 3. The van der Waals surface area contributed by atoms with E-state index in [1.54, 1.807) is 0 Å². The van der Waals surface area contributed by atoms with E-state index in [-0.39, 0.29) is 17.1 Å². The van der Waals surface area contributed by atoms with Crippen LogP contribution >= 0.6 is 0 Å². The maximum atomic E-state index is 9.00. The molecule has 2 aliphatic rings. The normalized spacial score (nSPS) is 11.5. The summed E-state index contributed by atoms with van der Waals surface area (Å²) in [6, 6.07) is 8.23. The number of nitrogens with zero attached hydrogens (tertiary/aromatic N) is 4. The van der Waals surface area contributed by atoms with E-state index in [0.29, 0.717) is 0 Å². The minimum Gasteiger partial charge on any atom is -0.657 e. The number of carboxylic acids is 1. The predicted octanol–water partition coefficient (Wildman–Crippen LogP) is 5.24. The van der Waals surface area contributed by atoms with Crippen molar-refractivity contribution in [2.45, 2.75) is 34.6 Å². The van der Waals surface area contributed by atoms with Crippen molar-refractivity contribution < 1.29 is 27.0 Å². The molecule has 0 spiro atoms. The number of aromatic nitrogens is 4. The van der Waals surface area contributed by atoms with Gasteiger partial charge in [0.1, 0.15) is 0 Å². The zero-order valence-electron chi connectivity index (χ0n) is 19.1. The molecule has 0 saturated carbocycles. The molecular weight excluding hydrogens is 455 g/mol. The van der Waals surface area contributed by atoms with Crippen LogP contribution in [-0.4, -0.2) is 21.0 Å². The van der Waals surface area contributed by atoms with E-state index in [1.165, 1.54) is 0 Å². The largest absolute Gasteiger partial charge is 2.00 e. The Morgan fingerprint density at radius 1 is 0.636 bits per heavy atom. The van der Waals surface area contributed by atoms with Crippen molar-refractivity contribution in [3.05, 3.63) is 69.3 Å². The van der Waals surface area contributed by atoms with Crippen LogP contribution in [0.3, 0.4) is 0 Å². The summed E-state index contributed by atoms with van der Waals surface area (Å²) in [7, 11) is 0. The fourth-order valence-electron chi connectivity index (χ4n) is 3.64. The minimum atomic E-state index is -0.833. The van der Waals surface area contributed by atoms with Gasteiger partial charge in [-0.1, -0.05) is 24.3 Å². The summed E-state index contributed by atoms with van der Waals surface area (Å²) >= 11 is 0. The molecule has 33 heavy (non-hydrogen) atoms. The van der Waals surface area contributed by atoms with Gasteiger partial charge in [-0.05, 0) is 74.3 Å². The molecule has 5 rings (SSSR count). The van der Waals surface area contributed by atoms with Gasteiger partial charge in [-0.25, -0.2) is 9.97 Å². The van der Waals surface area contributed by atoms with E-state index in [9.17, 15) is 0 Å². The second-order valence-corrected chi connectivity index (χ2v) is 7.88. The van der Waals surface area contributed by atoms with E-state index < -0.39 is 5.97 Å². The van der Waals surface area contributed by atoms with Gasteiger partial charge in [0.05, 0.1) is 22.8 Å². The van der Waals surface area contributed by atoms with Gasteiger partial charge >= 0.3 is 17.1 Å². The van der Waals surface area contributed by atoms with Crippen LogP contribution in [0.4, 0.5) is 0 Å². The average molecular weight is 479 g/mol. The number of carbonyl (C=O) groups is 1. The van der Waals surface area contributed by atoms with Crippen molar-refractivity contribution in [3.8, 4) is 0 Å². The second-order valence-electron chi connectivity index (χ2n) is 7.88. The number of rotatable bonds is 0. The SMILES string of the molecule is CC(=O)O.Cc1c2nc(c(C)c3ccc([n-]3)c(C)c3nc(c(C)c4ccc1[n-]4)C=C3)C=C2.[Mn+2]. The topological polar surface area (TPSA) is 91.3 Å². The van der Waals surface area contributed by atoms with E-state index in [4.69, 9.17) is 29.8 Å². The van der Waals surface area contributed by atoms with Gasteiger partial charge in [0.25, 0.3) is 5.97 Å². The third-order valence-corrected chi connectivity index (χ3v) is 5.63. The number of aryl methyl sites for hydroxylation is 4. The van der Waals surface area contributed by atoms with Crippen LogP contribution in [0, 0.1) is 27.7 Å². The summed E-state index contributed by atoms with van der Waals surface area (Å²) in [6.07, 6.45) is 8.23. The molecule has 0 fully saturated rings. The number of fused-ring (bicyclic) bond motifs is 8. The van der Waals surface area contributed by atoms with Crippen molar-refractivity contribution in [2.75, 3.05) is 0 Å². The monoisotopic (exact) mass is 479 g/mol. The molecule has 0 aromatic carbocycles. The first-order valence-electron chi connectivity index (χ1n) is 10.4. The van der Waals surface area contributed by atoms with Crippen LogP contribution in [0.15, 0.2) is 24.3 Å². The summed E-state index contributed by atoms with van der Waals surface area (Å²) in [5, 5.41) is 7.42.